The molecule has 1 aromatic heterocycles. The Morgan fingerprint density at radius 3 is 3.15 bits per heavy atom. The van der Waals surface area contributed by atoms with Gasteiger partial charge in [-0.1, -0.05) is 0 Å². The maximum absolute atomic E-state index is 5.58. The average molecular weight is 175 g/mol. The fraction of sp³-hybridized carbons (Fsp3) is 0.300. The molecule has 0 aliphatic rings. The third kappa shape index (κ3) is 3.48. The van der Waals surface area contributed by atoms with Crippen molar-refractivity contribution in [2.24, 2.45) is 0 Å². The standard InChI is InChI=1S/C10H13N3/c1-2-3-4-6-12-10-8-9(11)5-7-13-10/h1,5,7-8H,3-4,6H2,(H3,11,12,13). The first-order valence-corrected chi connectivity index (χ1v) is 4.22. The first kappa shape index (κ1) is 9.40. The van der Waals surface area contributed by atoms with Gasteiger partial charge in [-0.25, -0.2) is 4.98 Å². The van der Waals surface area contributed by atoms with Crippen LogP contribution in [0.5, 0.6) is 0 Å². The number of anilines is 2. The minimum absolute atomic E-state index is 0.717. The quantitative estimate of drug-likeness (QED) is 0.538. The van der Waals surface area contributed by atoms with Gasteiger partial charge in [-0.05, 0) is 12.5 Å². The first-order valence-electron chi connectivity index (χ1n) is 4.22. The number of terminal acetylenes is 1. The van der Waals surface area contributed by atoms with Crippen LogP contribution in [-0.2, 0) is 0 Å². The molecule has 1 heterocycles. The Hall–Kier alpha value is -1.69. The molecule has 1 aromatic rings. The normalized spacial score (nSPS) is 9.15. The molecule has 13 heavy (non-hydrogen) atoms. The molecule has 0 amide bonds. The van der Waals surface area contributed by atoms with Crippen molar-refractivity contribution >= 4 is 11.5 Å². The van der Waals surface area contributed by atoms with Gasteiger partial charge >= 0.3 is 0 Å². The summed E-state index contributed by atoms with van der Waals surface area (Å²) in [5, 5.41) is 3.13. The highest BCUT2D eigenvalue weighted by Gasteiger charge is 1.92. The van der Waals surface area contributed by atoms with E-state index < -0.39 is 0 Å². The van der Waals surface area contributed by atoms with Crippen LogP contribution < -0.4 is 11.1 Å². The molecule has 0 bridgehead atoms. The summed E-state index contributed by atoms with van der Waals surface area (Å²) < 4.78 is 0. The van der Waals surface area contributed by atoms with Crippen molar-refractivity contribution < 1.29 is 0 Å². The molecular weight excluding hydrogens is 162 g/mol. The summed E-state index contributed by atoms with van der Waals surface area (Å²) in [6.45, 7) is 0.834. The Morgan fingerprint density at radius 1 is 1.62 bits per heavy atom. The summed E-state index contributed by atoms with van der Waals surface area (Å²) in [6.07, 6.45) is 8.54. The van der Waals surface area contributed by atoms with E-state index in [1.807, 2.05) is 0 Å². The zero-order valence-corrected chi connectivity index (χ0v) is 7.46. The van der Waals surface area contributed by atoms with Gasteiger partial charge in [0.05, 0.1) is 0 Å². The predicted octanol–water partition coefficient (Wildman–Crippen LogP) is 1.49. The molecule has 3 N–H and O–H groups in total. The van der Waals surface area contributed by atoms with E-state index in [0.29, 0.717) is 0 Å². The number of pyridine rings is 1. The monoisotopic (exact) mass is 175 g/mol. The minimum atomic E-state index is 0.717. The summed E-state index contributed by atoms with van der Waals surface area (Å²) in [5.74, 6) is 3.38. The minimum Gasteiger partial charge on any atom is -0.399 e. The Labute approximate surface area is 78.4 Å². The molecule has 0 aliphatic heterocycles. The number of unbranched alkanes of at least 4 members (excludes halogenated alkanes) is 1. The molecule has 3 nitrogen and oxygen atoms in total. The molecule has 0 aliphatic carbocycles. The van der Waals surface area contributed by atoms with Crippen molar-refractivity contribution in [3.05, 3.63) is 18.3 Å². The molecule has 68 valence electrons. The average Bonchev–Trinajstić information content (AvgIpc) is 2.13. The molecule has 3 heteroatoms. The van der Waals surface area contributed by atoms with E-state index in [-0.39, 0.29) is 0 Å². The first-order chi connectivity index (χ1) is 6.33. The molecule has 0 aromatic carbocycles. The Kier molecular flexibility index (Phi) is 3.65. The van der Waals surface area contributed by atoms with E-state index in [1.165, 1.54) is 0 Å². The topological polar surface area (TPSA) is 50.9 Å². The van der Waals surface area contributed by atoms with Crippen molar-refractivity contribution in [1.82, 2.24) is 4.98 Å². The Balaban J connectivity index is 2.33. The van der Waals surface area contributed by atoms with Gasteiger partial charge in [0.25, 0.3) is 0 Å². The van der Waals surface area contributed by atoms with E-state index in [1.54, 1.807) is 18.3 Å². The number of nitrogens with zero attached hydrogens (tertiary/aromatic N) is 1. The van der Waals surface area contributed by atoms with Gasteiger partial charge in [-0.2, -0.15) is 0 Å². The lowest BCUT2D eigenvalue weighted by Crippen LogP contribution is -2.03. The second-order valence-electron chi connectivity index (χ2n) is 2.71. The zero-order chi connectivity index (χ0) is 9.52. The van der Waals surface area contributed by atoms with Crippen molar-refractivity contribution in [2.75, 3.05) is 17.6 Å². The van der Waals surface area contributed by atoms with Gasteiger partial charge in [0.15, 0.2) is 0 Å². The number of nitrogen functional groups attached to an aromatic ring is 1. The number of aromatic nitrogens is 1. The molecule has 1 rings (SSSR count). The van der Waals surface area contributed by atoms with E-state index >= 15 is 0 Å². The van der Waals surface area contributed by atoms with Crippen LogP contribution in [0.1, 0.15) is 12.8 Å². The van der Waals surface area contributed by atoms with Gasteiger partial charge < -0.3 is 11.1 Å². The Bertz CT molecular complexity index is 301. The fourth-order valence-electron chi connectivity index (χ4n) is 0.950. The van der Waals surface area contributed by atoms with Crippen LogP contribution in [0.25, 0.3) is 0 Å². The molecule has 0 atom stereocenters. The molecule has 0 fully saturated rings. The van der Waals surface area contributed by atoms with Crippen LogP contribution >= 0.6 is 0 Å². The van der Waals surface area contributed by atoms with Crippen molar-refractivity contribution in [3.63, 3.8) is 0 Å². The molecular formula is C10H13N3. The summed E-state index contributed by atoms with van der Waals surface area (Å²) in [7, 11) is 0. The SMILES string of the molecule is C#CCCCNc1cc(N)ccn1. The lowest BCUT2D eigenvalue weighted by atomic mass is 10.3. The maximum Gasteiger partial charge on any atom is 0.127 e. The highest BCUT2D eigenvalue weighted by atomic mass is 15.0. The molecule has 0 saturated heterocycles. The number of rotatable bonds is 4. The second kappa shape index (κ2) is 5.04. The molecule has 0 spiro atoms. The van der Waals surface area contributed by atoms with E-state index in [4.69, 9.17) is 12.2 Å². The molecule has 0 unspecified atom stereocenters. The van der Waals surface area contributed by atoms with Gasteiger partial charge in [0.2, 0.25) is 0 Å². The van der Waals surface area contributed by atoms with Crippen LogP contribution in [0.15, 0.2) is 18.3 Å². The summed E-state index contributed by atoms with van der Waals surface area (Å²) in [4.78, 5) is 4.09. The molecule has 0 radical (unpaired) electrons. The summed E-state index contributed by atoms with van der Waals surface area (Å²) in [5.41, 5.74) is 6.29. The van der Waals surface area contributed by atoms with Crippen molar-refractivity contribution in [3.8, 4) is 12.3 Å². The Morgan fingerprint density at radius 2 is 2.46 bits per heavy atom. The van der Waals surface area contributed by atoms with E-state index in [9.17, 15) is 0 Å². The third-order valence-electron chi connectivity index (χ3n) is 1.59. The second-order valence-corrected chi connectivity index (χ2v) is 2.71. The molecule has 0 saturated carbocycles. The highest BCUT2D eigenvalue weighted by Crippen LogP contribution is 2.07. The van der Waals surface area contributed by atoms with Crippen LogP contribution in [0, 0.1) is 12.3 Å². The zero-order valence-electron chi connectivity index (χ0n) is 7.46. The lowest BCUT2D eigenvalue weighted by Gasteiger charge is -2.03. The van der Waals surface area contributed by atoms with Crippen LogP contribution in [0.2, 0.25) is 0 Å². The smallest absolute Gasteiger partial charge is 0.127 e. The van der Waals surface area contributed by atoms with Crippen LogP contribution in [0.3, 0.4) is 0 Å². The maximum atomic E-state index is 5.58. The van der Waals surface area contributed by atoms with Crippen LogP contribution in [-0.4, -0.2) is 11.5 Å². The van der Waals surface area contributed by atoms with E-state index in [0.717, 1.165) is 30.9 Å². The van der Waals surface area contributed by atoms with Gasteiger partial charge in [0.1, 0.15) is 5.82 Å². The number of hydrogen-bond acceptors (Lipinski definition) is 3. The van der Waals surface area contributed by atoms with Gasteiger partial charge in [-0.15, -0.1) is 12.3 Å². The van der Waals surface area contributed by atoms with E-state index in [2.05, 4.69) is 16.2 Å². The van der Waals surface area contributed by atoms with Crippen molar-refractivity contribution in [2.45, 2.75) is 12.8 Å². The lowest BCUT2D eigenvalue weighted by molar-refractivity contribution is 0.901. The number of nitrogens with one attached hydrogen (secondary N) is 1. The van der Waals surface area contributed by atoms with Gasteiger partial charge in [-0.3, -0.25) is 0 Å². The fourth-order valence-corrected chi connectivity index (χ4v) is 0.950. The number of hydrogen-bond donors (Lipinski definition) is 2. The highest BCUT2D eigenvalue weighted by molar-refractivity contribution is 5.48. The van der Waals surface area contributed by atoms with Crippen LogP contribution in [0.4, 0.5) is 11.5 Å². The third-order valence-corrected chi connectivity index (χ3v) is 1.59. The largest absolute Gasteiger partial charge is 0.399 e. The van der Waals surface area contributed by atoms with Gasteiger partial charge in [0, 0.05) is 30.9 Å². The van der Waals surface area contributed by atoms with Crippen molar-refractivity contribution in [1.29, 1.82) is 0 Å². The summed E-state index contributed by atoms with van der Waals surface area (Å²) in [6, 6.07) is 3.56. The number of nitrogens with two attached hydrogens (primary N) is 1. The summed E-state index contributed by atoms with van der Waals surface area (Å²) >= 11 is 0. The predicted molar refractivity (Wildman–Crippen MR) is 55.2 cm³/mol.